The van der Waals surface area contributed by atoms with Crippen LogP contribution in [-0.2, 0) is 4.74 Å². The van der Waals surface area contributed by atoms with Crippen LogP contribution < -0.4 is 16.6 Å². The van der Waals surface area contributed by atoms with Crippen molar-refractivity contribution >= 4 is 65.5 Å². The van der Waals surface area contributed by atoms with Crippen LogP contribution in [-0.4, -0.2) is 27.6 Å². The molecule has 1 amide bonds. The van der Waals surface area contributed by atoms with E-state index in [2.05, 4.69) is 31.9 Å². The summed E-state index contributed by atoms with van der Waals surface area (Å²) >= 11 is 6.64. The zero-order valence-corrected chi connectivity index (χ0v) is 27.1. The predicted molar refractivity (Wildman–Crippen MR) is 188 cm³/mol. The molecule has 0 bridgehead atoms. The number of nitrogens with zero attached hydrogens (tertiary/aromatic N) is 2. The number of rotatable bonds is 5. The van der Waals surface area contributed by atoms with E-state index in [4.69, 9.17) is 10.5 Å². The summed E-state index contributed by atoms with van der Waals surface area (Å²) in [7, 11) is 0. The van der Waals surface area contributed by atoms with Crippen molar-refractivity contribution < 1.29 is 24.5 Å². The van der Waals surface area contributed by atoms with Crippen molar-refractivity contribution in [3.8, 4) is 11.4 Å². The molecule has 2 aromatic heterocycles. The van der Waals surface area contributed by atoms with Gasteiger partial charge in [-0.3, -0.25) is 14.4 Å². The summed E-state index contributed by atoms with van der Waals surface area (Å²) in [5, 5.41) is 0.731. The van der Waals surface area contributed by atoms with Gasteiger partial charge in [0, 0.05) is 44.9 Å². The number of hydrogen-bond donors (Lipinski definition) is 1. The number of carbonyl (C=O) groups excluding carboxylic acids is 2. The lowest BCUT2D eigenvalue weighted by Crippen LogP contribution is -2.23. The molecule has 0 atom stereocenters. The van der Waals surface area contributed by atoms with Gasteiger partial charge in [-0.2, -0.15) is 0 Å². The fourth-order valence-electron chi connectivity index (χ4n) is 4.77. The molecule has 0 aliphatic carbocycles. The van der Waals surface area contributed by atoms with Crippen molar-refractivity contribution in [3.63, 3.8) is 0 Å². The number of fused-ring (bicyclic) bond motifs is 2. The average molecular weight is 770 g/mol. The average Bonchev–Trinajstić information content (AvgIpc) is 3.03. The third-order valence-corrected chi connectivity index (χ3v) is 7.89. The van der Waals surface area contributed by atoms with E-state index < -0.39 is 22.7 Å². The number of pyridine rings is 2. The molecule has 2 heterocycles. The first kappa shape index (κ1) is 34.9. The number of nitrogens with two attached hydrogens (primary N) is 1. The maximum absolute atomic E-state index is 13.2. The summed E-state index contributed by atoms with van der Waals surface area (Å²) < 4.78 is 36.0. The summed E-state index contributed by atoms with van der Waals surface area (Å²) in [6.07, 6.45) is 2.82. The Labute approximate surface area is 285 Å². The Morgan fingerprint density at radius 2 is 1.13 bits per heavy atom. The van der Waals surface area contributed by atoms with Crippen LogP contribution >= 0.6 is 31.9 Å². The molecule has 6 rings (SSSR count). The Morgan fingerprint density at radius 1 is 0.723 bits per heavy atom. The smallest absolute Gasteiger partial charge is 0.343 e. The monoisotopic (exact) mass is 768 g/mol. The van der Waals surface area contributed by atoms with E-state index in [1.54, 1.807) is 76.7 Å². The second-order valence-electron chi connectivity index (χ2n) is 9.84. The molecule has 4 aromatic carbocycles. The topological polar surface area (TPSA) is 113 Å². The summed E-state index contributed by atoms with van der Waals surface area (Å²) in [6.45, 7) is 1.85. The highest BCUT2D eigenvalue weighted by Crippen LogP contribution is 2.23. The molecule has 0 spiro atoms. The molecule has 242 valence electrons. The van der Waals surface area contributed by atoms with Crippen LogP contribution in [0.5, 0.6) is 0 Å². The molecule has 8 nitrogen and oxygen atoms in total. The van der Waals surface area contributed by atoms with Crippen LogP contribution in [0.25, 0.3) is 33.2 Å². The van der Waals surface area contributed by atoms with Crippen molar-refractivity contribution in [3.05, 3.63) is 149 Å². The predicted octanol–water partition coefficient (Wildman–Crippen LogP) is 7.94. The molecule has 6 aromatic rings. The van der Waals surface area contributed by atoms with Crippen LogP contribution in [0.1, 0.15) is 36.5 Å². The Morgan fingerprint density at radius 3 is 1.53 bits per heavy atom. The molecule has 47 heavy (non-hydrogen) atoms. The van der Waals surface area contributed by atoms with Gasteiger partial charge >= 0.3 is 5.97 Å². The van der Waals surface area contributed by atoms with Crippen LogP contribution in [0.4, 0.5) is 8.78 Å². The number of esters is 1. The molecule has 2 N–H and O–H groups in total. The lowest BCUT2D eigenvalue weighted by atomic mass is 10.1. The minimum atomic E-state index is -0.803. The van der Waals surface area contributed by atoms with E-state index in [9.17, 15) is 28.0 Å². The molecule has 0 aliphatic rings. The lowest BCUT2D eigenvalue weighted by Gasteiger charge is -2.13. The minimum Gasteiger partial charge on any atom is -0.462 e. The van der Waals surface area contributed by atoms with E-state index in [1.807, 2.05) is 0 Å². The van der Waals surface area contributed by atoms with Crippen LogP contribution in [0, 0.1) is 11.6 Å². The van der Waals surface area contributed by atoms with Gasteiger partial charge in [0.05, 0.1) is 17.6 Å². The summed E-state index contributed by atoms with van der Waals surface area (Å²) in [5.74, 6) is -2.22. The van der Waals surface area contributed by atoms with Gasteiger partial charge in [-0.25, -0.2) is 13.6 Å². The van der Waals surface area contributed by atoms with E-state index in [0.29, 0.717) is 37.7 Å². The maximum Gasteiger partial charge on any atom is 0.343 e. The number of primary amides is 1. The first-order valence-corrected chi connectivity index (χ1v) is 15.3. The van der Waals surface area contributed by atoms with E-state index in [0.717, 1.165) is 4.47 Å². The minimum absolute atomic E-state index is 0. The van der Waals surface area contributed by atoms with Gasteiger partial charge in [0.15, 0.2) is 0 Å². The third-order valence-electron chi connectivity index (χ3n) is 6.90. The van der Waals surface area contributed by atoms with Gasteiger partial charge in [0.2, 0.25) is 10.9 Å². The zero-order valence-electron chi connectivity index (χ0n) is 24.0. The second kappa shape index (κ2) is 14.7. The maximum atomic E-state index is 13.2. The highest BCUT2D eigenvalue weighted by atomic mass is 79.9. The molecular formula is C35H29Br2F2N3O5. The normalized spacial score (nSPS) is 10.6. The summed E-state index contributed by atoms with van der Waals surface area (Å²) in [5.41, 5.74) is 6.75. The van der Waals surface area contributed by atoms with Gasteiger partial charge in [0.25, 0.3) is 5.91 Å². The van der Waals surface area contributed by atoms with E-state index >= 15 is 0 Å². The van der Waals surface area contributed by atoms with Gasteiger partial charge in [-0.15, -0.1) is 0 Å². The highest BCUT2D eigenvalue weighted by molar-refractivity contribution is 9.10. The lowest BCUT2D eigenvalue weighted by molar-refractivity contribution is 0.0524. The summed E-state index contributed by atoms with van der Waals surface area (Å²) in [6, 6.07) is 21.9. The number of carbonyl (C=O) groups is 2. The molecule has 0 saturated heterocycles. The third kappa shape index (κ3) is 7.39. The molecule has 0 radical (unpaired) electrons. The zero-order chi connectivity index (χ0) is 33.1. The number of benzene rings is 4. The van der Waals surface area contributed by atoms with Crippen molar-refractivity contribution in [1.29, 1.82) is 0 Å². The fourth-order valence-corrected chi connectivity index (χ4v) is 5.49. The van der Waals surface area contributed by atoms with Crippen LogP contribution in [0.3, 0.4) is 0 Å². The van der Waals surface area contributed by atoms with Crippen molar-refractivity contribution in [2.45, 2.75) is 14.4 Å². The van der Waals surface area contributed by atoms with E-state index in [1.165, 1.54) is 36.7 Å². The van der Waals surface area contributed by atoms with Crippen molar-refractivity contribution in [1.82, 2.24) is 9.13 Å². The number of amides is 1. The van der Waals surface area contributed by atoms with Crippen LogP contribution in [0.15, 0.2) is 116 Å². The van der Waals surface area contributed by atoms with Gasteiger partial charge in [-0.1, -0.05) is 39.3 Å². The largest absolute Gasteiger partial charge is 0.462 e. The first-order valence-electron chi connectivity index (χ1n) is 13.7. The quantitative estimate of drug-likeness (QED) is 0.179. The van der Waals surface area contributed by atoms with Crippen molar-refractivity contribution in [2.75, 3.05) is 6.61 Å². The molecule has 0 aliphatic heterocycles. The molecular weight excluding hydrogens is 740 g/mol. The van der Waals surface area contributed by atoms with E-state index in [-0.39, 0.29) is 38.2 Å². The number of aromatic nitrogens is 2. The number of ether oxygens (including phenoxy) is 1. The number of halogens is 4. The molecule has 12 heteroatoms. The van der Waals surface area contributed by atoms with Gasteiger partial charge < -0.3 is 19.6 Å². The summed E-state index contributed by atoms with van der Waals surface area (Å²) in [4.78, 5) is 48.7. The van der Waals surface area contributed by atoms with Gasteiger partial charge in [-0.05, 0) is 91.9 Å². The number of hydrogen-bond acceptors (Lipinski definition) is 5. The van der Waals surface area contributed by atoms with Crippen molar-refractivity contribution in [2.24, 2.45) is 5.73 Å². The Hall–Kier alpha value is -4.94. The molecule has 0 unspecified atom stereocenters. The second-order valence-corrected chi connectivity index (χ2v) is 11.7. The Bertz CT molecular complexity index is 2260. The first-order chi connectivity index (χ1) is 22.0. The van der Waals surface area contributed by atoms with Gasteiger partial charge in [0.1, 0.15) is 22.8 Å². The SMILES string of the molecule is C.CCOC(=O)c1cn(-c2ccc(F)cc2)c2ccc(Br)cc2c1=O.NC(=O)c1cn(-c2ccc(F)cc2)c2ccc(Br)cc2c1=O.[2HH]. The standard InChI is InChI=1S/C18H13BrFNO3.C16H10BrFN2O2.CH4.H2/c1-2-24-18(23)15-10-21(13-6-4-12(20)5-7-13)16-8-3-11(19)9-14(16)17(15)22;17-9-1-6-14-12(7-9)15(21)13(16(19)22)8-20(14)11-4-2-10(18)3-5-11;;/h3-10H,2H2,1H3;1-8H,(H2,19,22);1H4;1H/i;;;1+1. The highest BCUT2D eigenvalue weighted by Gasteiger charge is 2.18. The molecule has 0 saturated carbocycles. The molecule has 0 fully saturated rings. The fraction of sp³-hybridized carbons (Fsp3) is 0.0857. The Balaban J connectivity index is 0.000000251. The Kier molecular flexibility index (Phi) is 10.9. The van der Waals surface area contributed by atoms with Crippen LogP contribution in [0.2, 0.25) is 0 Å².